The van der Waals surface area contributed by atoms with Crippen LogP contribution in [0, 0.1) is 0 Å². The monoisotopic (exact) mass is 296 g/mol. The van der Waals surface area contributed by atoms with Crippen molar-refractivity contribution in [3.05, 3.63) is 22.4 Å². The van der Waals surface area contributed by atoms with Crippen LogP contribution in [0.4, 0.5) is 0 Å². The summed E-state index contributed by atoms with van der Waals surface area (Å²) in [6, 6.07) is 4.27. The average molecular weight is 296 g/mol. The van der Waals surface area contributed by atoms with Gasteiger partial charge in [-0.3, -0.25) is 4.99 Å². The number of thiophene rings is 1. The summed E-state index contributed by atoms with van der Waals surface area (Å²) in [5.74, 6) is 0.894. The summed E-state index contributed by atoms with van der Waals surface area (Å²) < 4.78 is 0. The fourth-order valence-electron chi connectivity index (χ4n) is 1.88. The van der Waals surface area contributed by atoms with Crippen molar-refractivity contribution in [3.8, 4) is 0 Å². The molecule has 1 aromatic rings. The van der Waals surface area contributed by atoms with E-state index in [4.69, 9.17) is 0 Å². The highest BCUT2D eigenvalue weighted by Crippen LogP contribution is 2.07. The normalized spacial score (nSPS) is 11.9. The fraction of sp³-hybridized carbons (Fsp3) is 0.667. The maximum atomic E-state index is 4.25. The summed E-state index contributed by atoms with van der Waals surface area (Å²) in [6.45, 7) is 6.30. The zero-order valence-corrected chi connectivity index (χ0v) is 13.8. The number of rotatable bonds is 9. The standard InChI is InChI=1S/C15H28N4S/c1-4-5-11-19(3)12-10-18-15(16-2)17-9-8-14-7-6-13-20-14/h6-7,13H,4-5,8-12H2,1-3H3,(H2,16,17,18). The molecule has 5 heteroatoms. The lowest BCUT2D eigenvalue weighted by atomic mass is 10.3. The second kappa shape index (κ2) is 10.7. The molecule has 20 heavy (non-hydrogen) atoms. The van der Waals surface area contributed by atoms with Gasteiger partial charge in [-0.1, -0.05) is 19.4 Å². The summed E-state index contributed by atoms with van der Waals surface area (Å²) in [5.41, 5.74) is 0. The van der Waals surface area contributed by atoms with Gasteiger partial charge >= 0.3 is 0 Å². The van der Waals surface area contributed by atoms with Gasteiger partial charge in [0, 0.05) is 31.6 Å². The first-order valence-corrected chi connectivity index (χ1v) is 8.29. The van der Waals surface area contributed by atoms with Crippen LogP contribution >= 0.6 is 11.3 Å². The Balaban J connectivity index is 2.10. The summed E-state index contributed by atoms with van der Waals surface area (Å²) in [4.78, 5) is 8.01. The lowest BCUT2D eigenvalue weighted by molar-refractivity contribution is 0.332. The first kappa shape index (κ1) is 17.0. The highest BCUT2D eigenvalue weighted by Gasteiger charge is 2.00. The Morgan fingerprint density at radius 3 is 2.75 bits per heavy atom. The zero-order valence-electron chi connectivity index (χ0n) is 13.0. The molecule has 114 valence electrons. The number of hydrogen-bond donors (Lipinski definition) is 2. The summed E-state index contributed by atoms with van der Waals surface area (Å²) in [5, 5.41) is 8.83. The predicted octanol–water partition coefficient (Wildman–Crippen LogP) is 2.19. The summed E-state index contributed by atoms with van der Waals surface area (Å²) in [7, 11) is 3.99. The van der Waals surface area contributed by atoms with E-state index in [1.807, 2.05) is 7.05 Å². The molecular formula is C15H28N4S. The van der Waals surface area contributed by atoms with Gasteiger partial charge < -0.3 is 15.5 Å². The molecule has 0 aliphatic rings. The van der Waals surface area contributed by atoms with Crippen LogP contribution in [0.1, 0.15) is 24.6 Å². The summed E-state index contributed by atoms with van der Waals surface area (Å²) >= 11 is 1.80. The Hall–Kier alpha value is -1.07. The van der Waals surface area contributed by atoms with Crippen molar-refractivity contribution >= 4 is 17.3 Å². The van der Waals surface area contributed by atoms with Crippen LogP contribution < -0.4 is 10.6 Å². The molecule has 0 saturated heterocycles. The third-order valence-corrected chi connectivity index (χ3v) is 4.08. The Labute approximate surface area is 127 Å². The first-order chi connectivity index (χ1) is 9.76. The molecule has 0 amide bonds. The Morgan fingerprint density at radius 2 is 2.10 bits per heavy atom. The highest BCUT2D eigenvalue weighted by atomic mass is 32.1. The van der Waals surface area contributed by atoms with Crippen LogP contribution in [-0.2, 0) is 6.42 Å². The van der Waals surface area contributed by atoms with Crippen LogP contribution in [0.25, 0.3) is 0 Å². The molecule has 1 aromatic heterocycles. The van der Waals surface area contributed by atoms with Gasteiger partial charge in [0.15, 0.2) is 5.96 Å². The molecule has 0 aliphatic heterocycles. The zero-order chi connectivity index (χ0) is 14.6. The van der Waals surface area contributed by atoms with E-state index in [2.05, 4.69) is 52.0 Å². The molecule has 1 rings (SSSR count). The van der Waals surface area contributed by atoms with Gasteiger partial charge in [-0.05, 0) is 37.9 Å². The van der Waals surface area contributed by atoms with Crippen LogP contribution in [0.3, 0.4) is 0 Å². The molecule has 0 saturated carbocycles. The maximum Gasteiger partial charge on any atom is 0.191 e. The van der Waals surface area contributed by atoms with E-state index in [0.717, 1.165) is 32.0 Å². The predicted molar refractivity (Wildman–Crippen MR) is 89.8 cm³/mol. The number of nitrogens with one attached hydrogen (secondary N) is 2. The van der Waals surface area contributed by atoms with Crippen molar-refractivity contribution in [1.29, 1.82) is 0 Å². The molecule has 0 aromatic carbocycles. The van der Waals surface area contributed by atoms with E-state index in [1.165, 1.54) is 24.3 Å². The molecule has 0 spiro atoms. The van der Waals surface area contributed by atoms with E-state index in [-0.39, 0.29) is 0 Å². The molecule has 2 N–H and O–H groups in total. The minimum atomic E-state index is 0.894. The number of likely N-dealkylation sites (N-methyl/N-ethyl adjacent to an activating group) is 1. The second-order valence-corrected chi connectivity index (χ2v) is 5.94. The van der Waals surface area contributed by atoms with Crippen molar-refractivity contribution < 1.29 is 0 Å². The van der Waals surface area contributed by atoms with Gasteiger partial charge in [-0.25, -0.2) is 0 Å². The SMILES string of the molecule is CCCCN(C)CCNC(=NC)NCCc1cccs1. The minimum Gasteiger partial charge on any atom is -0.356 e. The van der Waals surface area contributed by atoms with Crippen molar-refractivity contribution in [2.45, 2.75) is 26.2 Å². The molecule has 1 heterocycles. The van der Waals surface area contributed by atoms with Crippen molar-refractivity contribution in [2.75, 3.05) is 40.3 Å². The van der Waals surface area contributed by atoms with E-state index >= 15 is 0 Å². The van der Waals surface area contributed by atoms with Gasteiger partial charge in [0.2, 0.25) is 0 Å². The number of unbranched alkanes of at least 4 members (excludes halogenated alkanes) is 1. The number of aliphatic imine (C=N–C) groups is 1. The van der Waals surface area contributed by atoms with Gasteiger partial charge in [0.1, 0.15) is 0 Å². The van der Waals surface area contributed by atoms with Crippen LogP contribution in [0.2, 0.25) is 0 Å². The molecule has 0 fully saturated rings. The maximum absolute atomic E-state index is 4.25. The third-order valence-electron chi connectivity index (χ3n) is 3.15. The van der Waals surface area contributed by atoms with Crippen molar-refractivity contribution in [1.82, 2.24) is 15.5 Å². The molecule has 0 radical (unpaired) electrons. The highest BCUT2D eigenvalue weighted by molar-refractivity contribution is 7.09. The quantitative estimate of drug-likeness (QED) is 0.542. The smallest absolute Gasteiger partial charge is 0.191 e. The van der Waals surface area contributed by atoms with Gasteiger partial charge in [-0.2, -0.15) is 0 Å². The van der Waals surface area contributed by atoms with Gasteiger partial charge in [0.25, 0.3) is 0 Å². The van der Waals surface area contributed by atoms with Crippen molar-refractivity contribution in [3.63, 3.8) is 0 Å². The lowest BCUT2D eigenvalue weighted by Gasteiger charge is -2.17. The number of nitrogens with zero attached hydrogens (tertiary/aromatic N) is 2. The Bertz CT molecular complexity index is 362. The fourth-order valence-corrected chi connectivity index (χ4v) is 2.59. The van der Waals surface area contributed by atoms with E-state index in [1.54, 1.807) is 11.3 Å². The van der Waals surface area contributed by atoms with Crippen LogP contribution in [0.5, 0.6) is 0 Å². The largest absolute Gasteiger partial charge is 0.356 e. The minimum absolute atomic E-state index is 0.894. The average Bonchev–Trinajstić information content (AvgIpc) is 2.96. The van der Waals surface area contributed by atoms with Crippen molar-refractivity contribution in [2.24, 2.45) is 4.99 Å². The van der Waals surface area contributed by atoms with Gasteiger partial charge in [0.05, 0.1) is 0 Å². The van der Waals surface area contributed by atoms with Gasteiger partial charge in [-0.15, -0.1) is 11.3 Å². The lowest BCUT2D eigenvalue weighted by Crippen LogP contribution is -2.41. The molecule has 0 atom stereocenters. The first-order valence-electron chi connectivity index (χ1n) is 7.41. The second-order valence-electron chi connectivity index (χ2n) is 4.91. The molecule has 0 unspecified atom stereocenters. The number of guanidine groups is 1. The third kappa shape index (κ3) is 7.50. The van der Waals surface area contributed by atoms with E-state index in [0.29, 0.717) is 0 Å². The molecule has 0 aliphatic carbocycles. The molecule has 0 bridgehead atoms. The Morgan fingerprint density at radius 1 is 1.30 bits per heavy atom. The Kier molecular flexibility index (Phi) is 9.07. The summed E-state index contributed by atoms with van der Waals surface area (Å²) in [6.07, 6.45) is 3.57. The van der Waals surface area contributed by atoms with Crippen LogP contribution in [0.15, 0.2) is 22.5 Å². The number of hydrogen-bond acceptors (Lipinski definition) is 3. The molecule has 4 nitrogen and oxygen atoms in total. The van der Waals surface area contributed by atoms with Crippen LogP contribution in [-0.4, -0.2) is 51.1 Å². The molecular weight excluding hydrogens is 268 g/mol. The topological polar surface area (TPSA) is 39.7 Å². The van der Waals surface area contributed by atoms with E-state index in [9.17, 15) is 0 Å². The van der Waals surface area contributed by atoms with E-state index < -0.39 is 0 Å².